The Balaban J connectivity index is 1.69. The van der Waals surface area contributed by atoms with E-state index in [2.05, 4.69) is 51.2 Å². The first-order valence-electron chi connectivity index (χ1n) is 9.55. The predicted molar refractivity (Wildman–Crippen MR) is 115 cm³/mol. The summed E-state index contributed by atoms with van der Waals surface area (Å²) in [6.07, 6.45) is 6.15. The minimum Gasteiger partial charge on any atom is -0.495 e. The molecule has 1 aromatic carbocycles. The van der Waals surface area contributed by atoms with Crippen LogP contribution in [0.5, 0.6) is 5.75 Å². The molecule has 5 rings (SSSR count). The molecule has 4 heterocycles. The van der Waals surface area contributed by atoms with E-state index in [-0.39, 0.29) is 0 Å². The summed E-state index contributed by atoms with van der Waals surface area (Å²) in [6.45, 7) is 4.06. The summed E-state index contributed by atoms with van der Waals surface area (Å²) in [5.41, 5.74) is 9.47. The first-order chi connectivity index (χ1) is 13.6. The van der Waals surface area contributed by atoms with Gasteiger partial charge in [-0.05, 0) is 49.4 Å². The minimum atomic E-state index is 0.477. The van der Waals surface area contributed by atoms with Gasteiger partial charge in [-0.1, -0.05) is 6.07 Å². The van der Waals surface area contributed by atoms with Gasteiger partial charge in [-0.25, -0.2) is 9.97 Å². The number of thiophene rings is 1. The van der Waals surface area contributed by atoms with Crippen LogP contribution in [0.25, 0.3) is 31.6 Å². The number of rotatable bonds is 4. The van der Waals surface area contributed by atoms with E-state index in [1.165, 1.54) is 23.8 Å². The molecule has 6 nitrogen and oxygen atoms in total. The molecule has 7 heteroatoms. The van der Waals surface area contributed by atoms with Gasteiger partial charge in [0.15, 0.2) is 0 Å². The Morgan fingerprint density at radius 1 is 1.32 bits per heavy atom. The Bertz CT molecular complexity index is 1170. The number of ether oxygens (including phenoxy) is 1. The molecule has 0 bridgehead atoms. The number of aromatic nitrogens is 3. The molecule has 0 spiro atoms. The molecule has 4 aromatic rings. The molecule has 3 N–H and O–H groups in total. The van der Waals surface area contributed by atoms with Gasteiger partial charge < -0.3 is 20.4 Å². The standard InChI is InChI=1S/C21H23N5OS/c1-12-6-13-8-17(28-19(13)16(7-12)27-2)15-10-26(9-14-4-3-5-23-14)21-18(15)20(22)24-11-25-21/h6-8,10-11,14,23H,3-5,9H2,1-2H3,(H2,22,24,25). The molecule has 1 aliphatic rings. The van der Waals surface area contributed by atoms with Gasteiger partial charge in [0.25, 0.3) is 0 Å². The number of aryl methyl sites for hydroxylation is 1. The Morgan fingerprint density at radius 2 is 2.21 bits per heavy atom. The second-order valence-corrected chi connectivity index (χ2v) is 8.49. The third kappa shape index (κ3) is 2.82. The Morgan fingerprint density at radius 3 is 3.00 bits per heavy atom. The van der Waals surface area contributed by atoms with Crippen molar-refractivity contribution in [2.75, 3.05) is 19.4 Å². The van der Waals surface area contributed by atoms with E-state index in [0.29, 0.717) is 11.9 Å². The van der Waals surface area contributed by atoms with Crippen LogP contribution in [0.1, 0.15) is 18.4 Å². The summed E-state index contributed by atoms with van der Waals surface area (Å²) in [5, 5.41) is 5.69. The van der Waals surface area contributed by atoms with Crippen LogP contribution >= 0.6 is 11.3 Å². The van der Waals surface area contributed by atoms with Crippen LogP contribution in [0.4, 0.5) is 5.82 Å². The predicted octanol–water partition coefficient (Wildman–Crippen LogP) is 3.96. The first-order valence-corrected chi connectivity index (χ1v) is 10.4. The van der Waals surface area contributed by atoms with E-state index in [0.717, 1.165) is 45.0 Å². The van der Waals surface area contributed by atoms with Crippen LogP contribution < -0.4 is 15.8 Å². The maximum absolute atomic E-state index is 6.29. The molecule has 144 valence electrons. The van der Waals surface area contributed by atoms with Crippen LogP contribution in [0, 0.1) is 6.92 Å². The van der Waals surface area contributed by atoms with Crippen molar-refractivity contribution in [3.05, 3.63) is 36.3 Å². The summed E-state index contributed by atoms with van der Waals surface area (Å²) < 4.78 is 8.98. The number of nitrogens with zero attached hydrogens (tertiary/aromatic N) is 3. The molecule has 0 aliphatic carbocycles. The summed E-state index contributed by atoms with van der Waals surface area (Å²) >= 11 is 1.72. The van der Waals surface area contributed by atoms with Crippen molar-refractivity contribution < 1.29 is 4.74 Å². The van der Waals surface area contributed by atoms with Crippen molar-refractivity contribution in [1.82, 2.24) is 19.9 Å². The molecule has 0 saturated carbocycles. The van der Waals surface area contributed by atoms with Gasteiger partial charge >= 0.3 is 0 Å². The maximum Gasteiger partial charge on any atom is 0.146 e. The van der Waals surface area contributed by atoms with Crippen molar-refractivity contribution in [1.29, 1.82) is 0 Å². The number of fused-ring (bicyclic) bond motifs is 2. The Labute approximate surface area is 167 Å². The average Bonchev–Trinajstić information content (AvgIpc) is 3.40. The third-order valence-electron chi connectivity index (χ3n) is 5.47. The molecule has 1 fully saturated rings. The highest BCUT2D eigenvalue weighted by Crippen LogP contribution is 2.42. The van der Waals surface area contributed by atoms with E-state index >= 15 is 0 Å². The molecule has 3 aromatic heterocycles. The monoisotopic (exact) mass is 393 g/mol. The molecule has 1 atom stereocenters. The number of nitrogens with two attached hydrogens (primary N) is 1. The third-order valence-corrected chi connectivity index (χ3v) is 6.67. The van der Waals surface area contributed by atoms with E-state index in [1.54, 1.807) is 24.8 Å². The summed E-state index contributed by atoms with van der Waals surface area (Å²) in [7, 11) is 1.72. The molecule has 0 radical (unpaired) electrons. The molecular weight excluding hydrogens is 370 g/mol. The van der Waals surface area contributed by atoms with Gasteiger partial charge in [0.05, 0.1) is 17.2 Å². The van der Waals surface area contributed by atoms with Crippen LogP contribution in [-0.2, 0) is 6.54 Å². The van der Waals surface area contributed by atoms with Gasteiger partial charge in [-0.15, -0.1) is 11.3 Å². The molecule has 1 saturated heterocycles. The van der Waals surface area contributed by atoms with Crippen molar-refractivity contribution in [3.63, 3.8) is 0 Å². The quantitative estimate of drug-likeness (QED) is 0.549. The van der Waals surface area contributed by atoms with Gasteiger partial charge in [-0.2, -0.15) is 0 Å². The van der Waals surface area contributed by atoms with E-state index in [1.807, 2.05) is 0 Å². The van der Waals surface area contributed by atoms with Gasteiger partial charge in [-0.3, -0.25) is 0 Å². The molecular formula is C21H23N5OS. The SMILES string of the molecule is COc1cc(C)cc2cc(-c3cn(CC4CCCN4)c4ncnc(N)c34)sc12. The Hall–Kier alpha value is -2.64. The van der Waals surface area contributed by atoms with Gasteiger partial charge in [0.2, 0.25) is 0 Å². The van der Waals surface area contributed by atoms with E-state index in [9.17, 15) is 0 Å². The fraction of sp³-hybridized carbons (Fsp3) is 0.333. The number of methoxy groups -OCH3 is 1. The molecule has 1 unspecified atom stereocenters. The second kappa shape index (κ2) is 6.76. The van der Waals surface area contributed by atoms with E-state index in [4.69, 9.17) is 10.5 Å². The molecule has 1 aliphatic heterocycles. The van der Waals surface area contributed by atoms with Gasteiger partial charge in [0.1, 0.15) is 23.5 Å². The summed E-state index contributed by atoms with van der Waals surface area (Å²) in [5.74, 6) is 1.44. The number of nitrogen functional groups attached to an aromatic ring is 1. The lowest BCUT2D eigenvalue weighted by atomic mass is 10.1. The van der Waals surface area contributed by atoms with Crippen LogP contribution in [0.2, 0.25) is 0 Å². The molecule has 28 heavy (non-hydrogen) atoms. The van der Waals surface area contributed by atoms with Crippen molar-refractivity contribution >= 4 is 38.3 Å². The second-order valence-electron chi connectivity index (χ2n) is 7.44. The number of hydrogen-bond donors (Lipinski definition) is 2. The smallest absolute Gasteiger partial charge is 0.146 e. The van der Waals surface area contributed by atoms with Crippen molar-refractivity contribution in [2.24, 2.45) is 0 Å². The summed E-state index contributed by atoms with van der Waals surface area (Å²) in [6, 6.07) is 6.97. The minimum absolute atomic E-state index is 0.477. The highest BCUT2D eigenvalue weighted by Gasteiger charge is 2.21. The highest BCUT2D eigenvalue weighted by molar-refractivity contribution is 7.22. The largest absolute Gasteiger partial charge is 0.495 e. The van der Waals surface area contributed by atoms with Gasteiger partial charge in [0, 0.05) is 29.2 Å². The van der Waals surface area contributed by atoms with Crippen LogP contribution in [0.3, 0.4) is 0 Å². The van der Waals surface area contributed by atoms with Crippen LogP contribution in [0.15, 0.2) is 30.7 Å². The average molecular weight is 394 g/mol. The fourth-order valence-corrected chi connectivity index (χ4v) is 5.32. The zero-order valence-electron chi connectivity index (χ0n) is 16.0. The zero-order chi connectivity index (χ0) is 19.3. The highest BCUT2D eigenvalue weighted by atomic mass is 32.1. The lowest BCUT2D eigenvalue weighted by Crippen LogP contribution is -2.26. The van der Waals surface area contributed by atoms with Crippen LogP contribution in [-0.4, -0.2) is 34.2 Å². The number of hydrogen-bond acceptors (Lipinski definition) is 6. The van der Waals surface area contributed by atoms with Crippen molar-refractivity contribution in [2.45, 2.75) is 32.4 Å². The van der Waals surface area contributed by atoms with Crippen molar-refractivity contribution in [3.8, 4) is 16.2 Å². The number of nitrogens with one attached hydrogen (secondary N) is 1. The normalized spacial score (nSPS) is 17.0. The lowest BCUT2D eigenvalue weighted by Gasteiger charge is -2.11. The maximum atomic E-state index is 6.29. The zero-order valence-corrected chi connectivity index (χ0v) is 16.8. The topological polar surface area (TPSA) is 78.0 Å². The number of benzene rings is 1. The number of anilines is 1. The fourth-order valence-electron chi connectivity index (χ4n) is 4.17. The first kappa shape index (κ1) is 17.5. The van der Waals surface area contributed by atoms with E-state index < -0.39 is 0 Å². The lowest BCUT2D eigenvalue weighted by molar-refractivity contribution is 0.420. The Kier molecular flexibility index (Phi) is 4.21. The summed E-state index contributed by atoms with van der Waals surface area (Å²) in [4.78, 5) is 9.97. The molecule has 0 amide bonds.